The Bertz CT molecular complexity index is 646. The van der Waals surface area contributed by atoms with Crippen LogP contribution in [-0.4, -0.2) is 21.6 Å². The van der Waals surface area contributed by atoms with Gasteiger partial charge in [-0.2, -0.15) is 18.4 Å². The second-order valence-corrected chi connectivity index (χ2v) is 4.49. The fourth-order valence-electron chi connectivity index (χ4n) is 1.90. The third kappa shape index (κ3) is 3.97. The monoisotopic (exact) mass is 310 g/mol. The first-order valence-corrected chi connectivity index (χ1v) is 6.61. The molecule has 1 heterocycles. The zero-order valence-corrected chi connectivity index (χ0v) is 11.5. The third-order valence-electron chi connectivity index (χ3n) is 2.89. The number of rotatable bonds is 6. The molecule has 0 atom stereocenters. The summed E-state index contributed by atoms with van der Waals surface area (Å²) in [5.41, 5.74) is -1.80. The summed E-state index contributed by atoms with van der Waals surface area (Å²) in [4.78, 5) is 0. The van der Waals surface area contributed by atoms with Crippen LogP contribution in [0.4, 0.5) is 13.2 Å². The highest BCUT2D eigenvalue weighted by Crippen LogP contribution is 2.30. The summed E-state index contributed by atoms with van der Waals surface area (Å²) in [6.07, 6.45) is -3.65. The quantitative estimate of drug-likeness (QED) is 0.769. The van der Waals surface area contributed by atoms with Crippen LogP contribution in [0.2, 0.25) is 0 Å². The normalized spacial score (nSPS) is 11.2. The Kier molecular flexibility index (Phi) is 4.99. The second-order valence-electron chi connectivity index (χ2n) is 4.49. The molecule has 8 heteroatoms. The van der Waals surface area contributed by atoms with Gasteiger partial charge < -0.3 is 4.74 Å². The van der Waals surface area contributed by atoms with Crippen LogP contribution >= 0.6 is 0 Å². The topological polar surface area (TPSA) is 63.7 Å². The highest BCUT2D eigenvalue weighted by atomic mass is 19.4. The van der Waals surface area contributed by atoms with Gasteiger partial charge in [0.1, 0.15) is 11.8 Å². The van der Waals surface area contributed by atoms with E-state index in [9.17, 15) is 13.2 Å². The first kappa shape index (κ1) is 15.8. The van der Waals surface area contributed by atoms with Gasteiger partial charge in [-0.25, -0.2) is 4.68 Å². The molecule has 1 aromatic heterocycles. The molecule has 0 amide bonds. The Morgan fingerprint density at radius 3 is 2.55 bits per heavy atom. The Morgan fingerprint density at radius 1 is 1.18 bits per heavy atom. The minimum atomic E-state index is -4.64. The van der Waals surface area contributed by atoms with Crippen molar-refractivity contribution >= 4 is 0 Å². The first-order chi connectivity index (χ1) is 10.5. The number of nitriles is 1. The molecule has 0 unspecified atom stereocenters. The van der Waals surface area contributed by atoms with Crippen molar-refractivity contribution in [3.05, 3.63) is 41.7 Å². The van der Waals surface area contributed by atoms with Gasteiger partial charge >= 0.3 is 6.18 Å². The number of aryl methyl sites for hydroxylation is 1. The van der Waals surface area contributed by atoms with Crippen molar-refractivity contribution in [1.82, 2.24) is 15.0 Å². The molecule has 116 valence electrons. The van der Waals surface area contributed by atoms with Gasteiger partial charge in [-0.05, 0) is 25.0 Å². The number of nitrogens with zero attached hydrogens (tertiary/aromatic N) is 4. The highest BCUT2D eigenvalue weighted by Gasteiger charge is 2.39. The van der Waals surface area contributed by atoms with Crippen molar-refractivity contribution in [1.29, 1.82) is 5.26 Å². The van der Waals surface area contributed by atoms with Crippen molar-refractivity contribution in [3.8, 4) is 11.8 Å². The minimum absolute atomic E-state index is 0.0294. The van der Waals surface area contributed by atoms with Crippen LogP contribution in [0, 0.1) is 11.3 Å². The summed E-state index contributed by atoms with van der Waals surface area (Å²) >= 11 is 0. The molecule has 22 heavy (non-hydrogen) atoms. The van der Waals surface area contributed by atoms with E-state index in [2.05, 4.69) is 10.3 Å². The van der Waals surface area contributed by atoms with Crippen LogP contribution in [0.5, 0.6) is 5.75 Å². The molecule has 0 aliphatic rings. The first-order valence-electron chi connectivity index (χ1n) is 6.61. The minimum Gasteiger partial charge on any atom is -0.494 e. The number of alkyl halides is 3. The third-order valence-corrected chi connectivity index (χ3v) is 2.89. The number of halogens is 3. The maximum absolute atomic E-state index is 12.8. The van der Waals surface area contributed by atoms with Crippen LogP contribution in [0.3, 0.4) is 0 Å². The molecule has 2 rings (SSSR count). The van der Waals surface area contributed by atoms with Gasteiger partial charge in [0.25, 0.3) is 0 Å². The summed E-state index contributed by atoms with van der Waals surface area (Å²) in [6, 6.07) is 10.6. The Hall–Kier alpha value is -2.56. The second kappa shape index (κ2) is 6.93. The van der Waals surface area contributed by atoms with Crippen LogP contribution in [0.1, 0.15) is 24.2 Å². The van der Waals surface area contributed by atoms with Gasteiger partial charge in [-0.1, -0.05) is 23.4 Å². The molecule has 1 aromatic carbocycles. The maximum Gasteiger partial charge on any atom is 0.436 e. The van der Waals surface area contributed by atoms with Gasteiger partial charge in [0.2, 0.25) is 0 Å². The van der Waals surface area contributed by atoms with Gasteiger partial charge in [-0.3, -0.25) is 0 Å². The van der Waals surface area contributed by atoms with Crippen LogP contribution in [0.25, 0.3) is 0 Å². The fourth-order valence-corrected chi connectivity index (χ4v) is 1.90. The van der Waals surface area contributed by atoms with E-state index < -0.39 is 17.6 Å². The van der Waals surface area contributed by atoms with E-state index >= 15 is 0 Å². The lowest BCUT2D eigenvalue weighted by molar-refractivity contribution is -0.144. The molecule has 0 saturated heterocycles. The van der Waals surface area contributed by atoms with E-state index in [0.717, 1.165) is 4.68 Å². The molecule has 0 spiro atoms. The zero-order valence-electron chi connectivity index (χ0n) is 11.5. The molecular weight excluding hydrogens is 297 g/mol. The van der Waals surface area contributed by atoms with Gasteiger partial charge in [-0.15, -0.1) is 5.10 Å². The Labute approximate surface area is 124 Å². The smallest absolute Gasteiger partial charge is 0.436 e. The van der Waals surface area contributed by atoms with E-state index in [1.807, 2.05) is 18.2 Å². The van der Waals surface area contributed by atoms with Crippen molar-refractivity contribution in [3.63, 3.8) is 0 Å². The Balaban J connectivity index is 1.85. The van der Waals surface area contributed by atoms with E-state index in [1.54, 1.807) is 12.1 Å². The summed E-state index contributed by atoms with van der Waals surface area (Å²) in [5.74, 6) is 0.714. The number of aromatic nitrogens is 3. The van der Waals surface area contributed by atoms with E-state index in [-0.39, 0.29) is 6.54 Å². The largest absolute Gasteiger partial charge is 0.494 e. The summed E-state index contributed by atoms with van der Waals surface area (Å²) in [5, 5.41) is 15.3. The van der Waals surface area contributed by atoms with Crippen molar-refractivity contribution in [2.24, 2.45) is 0 Å². The molecule has 0 bridgehead atoms. The molecular formula is C14H13F3N4O. The van der Waals surface area contributed by atoms with E-state index in [0.29, 0.717) is 25.2 Å². The number of para-hydroxylation sites is 1. The lowest BCUT2D eigenvalue weighted by Gasteiger charge is -2.09. The Morgan fingerprint density at radius 2 is 1.91 bits per heavy atom. The van der Waals surface area contributed by atoms with Crippen LogP contribution in [-0.2, 0) is 12.7 Å². The molecule has 2 aromatic rings. The van der Waals surface area contributed by atoms with Crippen LogP contribution in [0.15, 0.2) is 30.3 Å². The van der Waals surface area contributed by atoms with E-state index in [1.165, 1.54) is 6.07 Å². The average molecular weight is 310 g/mol. The number of unbranched alkanes of at least 4 members (excludes halogenated alkanes) is 1. The number of hydrogen-bond acceptors (Lipinski definition) is 4. The zero-order chi connectivity index (χ0) is 16.0. The molecule has 0 saturated carbocycles. The molecule has 0 fully saturated rings. The predicted molar refractivity (Wildman–Crippen MR) is 70.9 cm³/mol. The standard InChI is InChI=1S/C14H13F3N4O/c15-14(16,17)13-12(10-18)19-20-21(13)8-4-5-9-22-11-6-2-1-3-7-11/h1-3,6-7H,4-5,8-9H2. The molecule has 0 aliphatic carbocycles. The highest BCUT2D eigenvalue weighted by molar-refractivity contribution is 5.26. The number of ether oxygens (including phenoxy) is 1. The fraction of sp³-hybridized carbons (Fsp3) is 0.357. The summed E-state index contributed by atoms with van der Waals surface area (Å²) in [7, 11) is 0. The molecule has 0 aliphatic heterocycles. The SMILES string of the molecule is N#Cc1nnn(CCCCOc2ccccc2)c1C(F)(F)F. The maximum atomic E-state index is 12.8. The van der Waals surface area contributed by atoms with Gasteiger partial charge in [0, 0.05) is 6.54 Å². The lowest BCUT2D eigenvalue weighted by atomic mass is 10.3. The molecule has 5 nitrogen and oxygen atoms in total. The van der Waals surface area contributed by atoms with Crippen molar-refractivity contribution in [2.75, 3.05) is 6.61 Å². The van der Waals surface area contributed by atoms with Crippen molar-refractivity contribution < 1.29 is 17.9 Å². The lowest BCUT2D eigenvalue weighted by Crippen LogP contribution is -2.16. The van der Waals surface area contributed by atoms with Crippen LogP contribution < -0.4 is 4.74 Å². The number of benzene rings is 1. The summed E-state index contributed by atoms with van der Waals surface area (Å²) < 4.78 is 44.7. The van der Waals surface area contributed by atoms with Gasteiger partial charge in [0.05, 0.1) is 6.61 Å². The summed E-state index contributed by atoms with van der Waals surface area (Å²) in [6.45, 7) is 0.423. The molecule has 0 N–H and O–H groups in total. The predicted octanol–water partition coefficient (Wildman–Crippen LogP) is 3.03. The average Bonchev–Trinajstić information content (AvgIpc) is 2.91. The van der Waals surface area contributed by atoms with E-state index in [4.69, 9.17) is 10.00 Å². The number of hydrogen-bond donors (Lipinski definition) is 0. The van der Waals surface area contributed by atoms with Gasteiger partial charge in [0.15, 0.2) is 11.4 Å². The van der Waals surface area contributed by atoms with Crippen molar-refractivity contribution in [2.45, 2.75) is 25.6 Å². The molecule has 0 radical (unpaired) electrons.